The molecule has 0 radical (unpaired) electrons. The van der Waals surface area contributed by atoms with Crippen LogP contribution < -0.4 is 5.73 Å². The predicted molar refractivity (Wildman–Crippen MR) is 121 cm³/mol. The van der Waals surface area contributed by atoms with Gasteiger partial charge in [-0.3, -0.25) is 9.48 Å². The van der Waals surface area contributed by atoms with E-state index in [-0.39, 0.29) is 0 Å². The fourth-order valence-electron chi connectivity index (χ4n) is 3.16. The molecule has 1 atom stereocenters. The summed E-state index contributed by atoms with van der Waals surface area (Å²) in [5, 5.41) is 5.63. The molecule has 1 amide bonds. The third-order valence-corrected chi connectivity index (χ3v) is 5.50. The summed E-state index contributed by atoms with van der Waals surface area (Å²) in [6.07, 6.45) is 1.70. The van der Waals surface area contributed by atoms with Gasteiger partial charge in [-0.2, -0.15) is 5.10 Å². The summed E-state index contributed by atoms with van der Waals surface area (Å²) in [6.45, 7) is 4.10. The number of halogens is 2. The lowest BCUT2D eigenvalue weighted by molar-refractivity contribution is -0.150. The first-order valence-electron chi connectivity index (χ1n) is 9.47. The molecule has 0 spiro atoms. The molecule has 0 bridgehead atoms. The van der Waals surface area contributed by atoms with Gasteiger partial charge in [0, 0.05) is 38.5 Å². The molecule has 0 aliphatic heterocycles. The standard InChI is InChI=1S/C23H21Cl2N3O3/c1-14-17(15(2)28(27-14)13-18-19(24)9-6-10-20(18)25)11-12-21(29)31-22(23(26)30)16-7-4-3-5-8-16/h3-12,22H,13H2,1-2H3,(H2,26,30)/b12-11+. The second kappa shape index (κ2) is 9.81. The summed E-state index contributed by atoms with van der Waals surface area (Å²) in [6, 6.07) is 13.9. The average molecular weight is 458 g/mol. The van der Waals surface area contributed by atoms with Crippen LogP contribution in [0.1, 0.15) is 34.2 Å². The van der Waals surface area contributed by atoms with E-state index in [1.807, 2.05) is 13.8 Å². The van der Waals surface area contributed by atoms with Crippen LogP contribution in [-0.2, 0) is 20.9 Å². The maximum absolute atomic E-state index is 12.3. The zero-order valence-electron chi connectivity index (χ0n) is 17.0. The topological polar surface area (TPSA) is 87.2 Å². The Morgan fingerprint density at radius 1 is 1.10 bits per heavy atom. The van der Waals surface area contributed by atoms with Crippen LogP contribution in [0.5, 0.6) is 0 Å². The number of nitrogens with two attached hydrogens (primary N) is 1. The summed E-state index contributed by atoms with van der Waals surface area (Å²) in [7, 11) is 0. The minimum atomic E-state index is -1.16. The first kappa shape index (κ1) is 22.6. The summed E-state index contributed by atoms with van der Waals surface area (Å²) in [5.41, 5.74) is 8.98. The lowest BCUT2D eigenvalue weighted by Crippen LogP contribution is -2.25. The van der Waals surface area contributed by atoms with Crippen molar-refractivity contribution in [1.29, 1.82) is 0 Å². The van der Waals surface area contributed by atoms with E-state index in [4.69, 9.17) is 33.7 Å². The Balaban J connectivity index is 1.78. The van der Waals surface area contributed by atoms with Crippen LogP contribution in [0, 0.1) is 13.8 Å². The third kappa shape index (κ3) is 5.34. The molecule has 1 aromatic heterocycles. The van der Waals surface area contributed by atoms with Crippen LogP contribution in [-0.4, -0.2) is 21.7 Å². The Bertz CT molecular complexity index is 1120. The highest BCUT2D eigenvalue weighted by Gasteiger charge is 2.21. The summed E-state index contributed by atoms with van der Waals surface area (Å²) >= 11 is 12.5. The molecule has 2 N–H and O–H groups in total. The molecule has 8 heteroatoms. The van der Waals surface area contributed by atoms with E-state index in [9.17, 15) is 9.59 Å². The average Bonchev–Trinajstić information content (AvgIpc) is 3.00. The number of hydrogen-bond acceptors (Lipinski definition) is 4. The fourth-order valence-corrected chi connectivity index (χ4v) is 3.68. The molecule has 0 aliphatic rings. The molecule has 0 fully saturated rings. The number of carbonyl (C=O) groups excluding carboxylic acids is 2. The molecule has 3 aromatic rings. The van der Waals surface area contributed by atoms with E-state index < -0.39 is 18.0 Å². The molecule has 6 nitrogen and oxygen atoms in total. The minimum Gasteiger partial charge on any atom is -0.444 e. The Morgan fingerprint density at radius 2 is 1.74 bits per heavy atom. The number of rotatable bonds is 7. The number of ether oxygens (including phenoxy) is 1. The van der Waals surface area contributed by atoms with Crippen molar-refractivity contribution in [2.75, 3.05) is 0 Å². The molecule has 0 saturated heterocycles. The van der Waals surface area contributed by atoms with Gasteiger partial charge < -0.3 is 10.5 Å². The number of aromatic nitrogens is 2. The lowest BCUT2D eigenvalue weighted by Gasteiger charge is -2.13. The van der Waals surface area contributed by atoms with E-state index in [0.717, 1.165) is 22.5 Å². The monoisotopic (exact) mass is 457 g/mol. The summed E-state index contributed by atoms with van der Waals surface area (Å²) in [5.74, 6) is -1.43. The van der Waals surface area contributed by atoms with Gasteiger partial charge >= 0.3 is 5.97 Å². The van der Waals surface area contributed by atoms with Crippen LogP contribution in [0.2, 0.25) is 10.0 Å². The van der Waals surface area contributed by atoms with E-state index in [1.165, 1.54) is 6.08 Å². The summed E-state index contributed by atoms with van der Waals surface area (Å²) in [4.78, 5) is 24.1. The second-order valence-electron chi connectivity index (χ2n) is 6.91. The Labute approximate surface area is 190 Å². The Morgan fingerprint density at radius 3 is 2.35 bits per heavy atom. The van der Waals surface area contributed by atoms with Gasteiger partial charge in [0.15, 0.2) is 0 Å². The third-order valence-electron chi connectivity index (χ3n) is 4.79. The Kier molecular flexibility index (Phi) is 7.15. The number of aryl methyl sites for hydroxylation is 1. The lowest BCUT2D eigenvalue weighted by atomic mass is 10.1. The first-order chi connectivity index (χ1) is 14.8. The van der Waals surface area contributed by atoms with Gasteiger partial charge in [-0.25, -0.2) is 4.79 Å². The van der Waals surface area contributed by atoms with Crippen molar-refractivity contribution < 1.29 is 14.3 Å². The number of esters is 1. The highest BCUT2D eigenvalue weighted by molar-refractivity contribution is 6.35. The van der Waals surface area contributed by atoms with Gasteiger partial charge in [-0.05, 0) is 32.1 Å². The fraction of sp³-hybridized carbons (Fsp3) is 0.174. The molecule has 2 aromatic carbocycles. The maximum Gasteiger partial charge on any atom is 0.331 e. The van der Waals surface area contributed by atoms with Crippen molar-refractivity contribution in [1.82, 2.24) is 9.78 Å². The molecule has 1 heterocycles. The van der Waals surface area contributed by atoms with E-state index in [0.29, 0.717) is 22.2 Å². The number of amides is 1. The van der Waals surface area contributed by atoms with Gasteiger partial charge in [-0.15, -0.1) is 0 Å². The van der Waals surface area contributed by atoms with Crippen molar-refractivity contribution in [2.24, 2.45) is 5.73 Å². The van der Waals surface area contributed by atoms with Crippen molar-refractivity contribution >= 4 is 41.2 Å². The molecule has 0 saturated carbocycles. The highest BCUT2D eigenvalue weighted by Crippen LogP contribution is 2.26. The highest BCUT2D eigenvalue weighted by atomic mass is 35.5. The SMILES string of the molecule is Cc1nn(Cc2c(Cl)cccc2Cl)c(C)c1/C=C/C(=O)OC(C(N)=O)c1ccccc1. The molecule has 1 unspecified atom stereocenters. The molecule has 3 rings (SSSR count). The van der Waals surface area contributed by atoms with Gasteiger partial charge in [0.2, 0.25) is 6.10 Å². The quantitative estimate of drug-likeness (QED) is 0.413. The number of nitrogens with zero attached hydrogens (tertiary/aromatic N) is 2. The van der Waals surface area contributed by atoms with Crippen LogP contribution in [0.25, 0.3) is 6.08 Å². The van der Waals surface area contributed by atoms with Gasteiger partial charge in [-0.1, -0.05) is 59.6 Å². The normalized spacial score (nSPS) is 12.1. The van der Waals surface area contributed by atoms with E-state index in [2.05, 4.69) is 5.10 Å². The first-order valence-corrected chi connectivity index (χ1v) is 10.2. The van der Waals surface area contributed by atoms with Crippen LogP contribution >= 0.6 is 23.2 Å². The molecule has 0 aliphatic carbocycles. The predicted octanol–water partition coefficient (Wildman–Crippen LogP) is 4.64. The van der Waals surface area contributed by atoms with E-state index in [1.54, 1.807) is 59.3 Å². The number of primary amides is 1. The van der Waals surface area contributed by atoms with E-state index >= 15 is 0 Å². The molecule has 31 heavy (non-hydrogen) atoms. The second-order valence-corrected chi connectivity index (χ2v) is 7.72. The van der Waals surface area contributed by atoms with Gasteiger partial charge in [0.1, 0.15) is 0 Å². The van der Waals surface area contributed by atoms with Crippen LogP contribution in [0.3, 0.4) is 0 Å². The van der Waals surface area contributed by atoms with Crippen molar-refractivity contribution in [2.45, 2.75) is 26.5 Å². The number of carbonyl (C=O) groups is 2. The maximum atomic E-state index is 12.3. The van der Waals surface area contributed by atoms with Crippen LogP contribution in [0.15, 0.2) is 54.6 Å². The molecular weight excluding hydrogens is 437 g/mol. The van der Waals surface area contributed by atoms with Crippen molar-refractivity contribution in [3.05, 3.63) is 92.7 Å². The van der Waals surface area contributed by atoms with Crippen LogP contribution in [0.4, 0.5) is 0 Å². The zero-order chi connectivity index (χ0) is 22.5. The largest absolute Gasteiger partial charge is 0.444 e. The molecule has 160 valence electrons. The minimum absolute atomic E-state index is 0.390. The van der Waals surface area contributed by atoms with Crippen molar-refractivity contribution in [3.63, 3.8) is 0 Å². The Hall–Kier alpha value is -3.09. The zero-order valence-corrected chi connectivity index (χ0v) is 18.5. The van der Waals surface area contributed by atoms with Gasteiger partial charge in [0.25, 0.3) is 5.91 Å². The number of hydrogen-bond donors (Lipinski definition) is 1. The van der Waals surface area contributed by atoms with Gasteiger partial charge in [0.05, 0.1) is 12.2 Å². The smallest absolute Gasteiger partial charge is 0.331 e. The summed E-state index contributed by atoms with van der Waals surface area (Å²) < 4.78 is 7.04. The molecular formula is C23H21Cl2N3O3. The number of benzene rings is 2. The van der Waals surface area contributed by atoms with Crippen molar-refractivity contribution in [3.8, 4) is 0 Å².